The summed E-state index contributed by atoms with van der Waals surface area (Å²) in [4.78, 5) is 18.8. The van der Waals surface area contributed by atoms with Crippen LogP contribution < -0.4 is 0 Å². The number of aliphatic hydroxyl groups is 1. The first kappa shape index (κ1) is 17.4. The monoisotopic (exact) mass is 336 g/mol. The van der Waals surface area contributed by atoms with E-state index >= 15 is 0 Å². The topological polar surface area (TPSA) is 73.1 Å². The minimum absolute atomic E-state index is 0.182. The minimum Gasteiger partial charge on any atom is -0.392 e. The van der Waals surface area contributed by atoms with Gasteiger partial charge in [0.2, 0.25) is 5.91 Å². The van der Waals surface area contributed by atoms with Gasteiger partial charge in [-0.2, -0.15) is 0 Å². The van der Waals surface area contributed by atoms with Crippen LogP contribution in [-0.4, -0.2) is 82.8 Å². The fraction of sp³-hybridized carbons (Fsp3) is 0.765. The first-order valence-corrected chi connectivity index (χ1v) is 8.85. The Bertz CT molecular complexity index is 547. The number of amides is 1. The van der Waals surface area contributed by atoms with Gasteiger partial charge in [0, 0.05) is 44.8 Å². The Morgan fingerprint density at radius 3 is 2.58 bits per heavy atom. The molecule has 1 aromatic rings. The molecule has 1 aromatic heterocycles. The molecule has 2 aliphatic heterocycles. The molecule has 0 saturated carbocycles. The number of piperazine rings is 1. The third kappa shape index (κ3) is 4.15. The van der Waals surface area contributed by atoms with Gasteiger partial charge in [-0.25, -0.2) is 0 Å². The van der Waals surface area contributed by atoms with Crippen molar-refractivity contribution in [1.29, 1.82) is 0 Å². The number of carbonyl (C=O) groups excluding carboxylic acids is 1. The van der Waals surface area contributed by atoms with Gasteiger partial charge in [0.1, 0.15) is 5.76 Å². The highest BCUT2D eigenvalue weighted by Gasteiger charge is 2.26. The Morgan fingerprint density at radius 1 is 1.21 bits per heavy atom. The third-order valence-corrected chi connectivity index (χ3v) is 5.13. The van der Waals surface area contributed by atoms with Crippen molar-refractivity contribution in [3.63, 3.8) is 0 Å². The van der Waals surface area contributed by atoms with Crippen molar-refractivity contribution in [2.45, 2.75) is 39.3 Å². The quantitative estimate of drug-likeness (QED) is 0.858. The Morgan fingerprint density at radius 2 is 1.96 bits per heavy atom. The number of hydrogen-bond donors (Lipinski definition) is 1. The second-order valence-electron chi connectivity index (χ2n) is 6.99. The molecule has 3 heterocycles. The normalized spacial score (nSPS) is 23.6. The molecule has 0 spiro atoms. The number of nitrogens with zero attached hydrogens (tertiary/aromatic N) is 4. The fourth-order valence-corrected chi connectivity index (χ4v) is 3.57. The fourth-order valence-electron chi connectivity index (χ4n) is 3.57. The van der Waals surface area contributed by atoms with E-state index in [2.05, 4.69) is 15.0 Å². The van der Waals surface area contributed by atoms with Crippen LogP contribution in [0, 0.1) is 13.8 Å². The van der Waals surface area contributed by atoms with Crippen molar-refractivity contribution >= 4 is 5.91 Å². The highest BCUT2D eigenvalue weighted by Crippen LogP contribution is 2.16. The molecule has 0 aliphatic carbocycles. The zero-order valence-corrected chi connectivity index (χ0v) is 14.7. The standard InChI is InChI=1S/C17H28N4O3/c1-13-16(14(2)24-18-13)11-19-6-8-21(9-7-19)17(23)12-20-5-3-4-15(22)10-20/h15,22H,3-12H2,1-2H3. The average molecular weight is 336 g/mol. The van der Waals surface area contributed by atoms with Crippen LogP contribution in [0.2, 0.25) is 0 Å². The minimum atomic E-state index is -0.279. The lowest BCUT2D eigenvalue weighted by Crippen LogP contribution is -2.52. The number of likely N-dealkylation sites (tertiary alicyclic amines) is 1. The summed E-state index contributed by atoms with van der Waals surface area (Å²) >= 11 is 0. The van der Waals surface area contributed by atoms with Crippen molar-refractivity contribution in [2.75, 3.05) is 45.8 Å². The van der Waals surface area contributed by atoms with E-state index in [1.807, 2.05) is 18.7 Å². The first-order valence-electron chi connectivity index (χ1n) is 8.85. The summed E-state index contributed by atoms with van der Waals surface area (Å²) in [6.45, 7) is 9.99. The van der Waals surface area contributed by atoms with E-state index in [9.17, 15) is 9.90 Å². The van der Waals surface area contributed by atoms with E-state index in [0.29, 0.717) is 13.1 Å². The summed E-state index contributed by atoms with van der Waals surface area (Å²) in [5.74, 6) is 1.07. The van der Waals surface area contributed by atoms with E-state index in [-0.39, 0.29) is 12.0 Å². The number of aliphatic hydroxyl groups excluding tert-OH is 1. The molecule has 7 nitrogen and oxygen atoms in total. The second-order valence-corrected chi connectivity index (χ2v) is 6.99. The molecule has 1 amide bonds. The molecular formula is C17H28N4O3. The Balaban J connectivity index is 1.45. The maximum atomic E-state index is 12.5. The van der Waals surface area contributed by atoms with Gasteiger partial charge in [0.25, 0.3) is 0 Å². The molecule has 24 heavy (non-hydrogen) atoms. The molecule has 0 radical (unpaired) electrons. The van der Waals surface area contributed by atoms with Crippen molar-refractivity contribution in [3.05, 3.63) is 17.0 Å². The Labute approximate surface area is 143 Å². The molecule has 7 heteroatoms. The van der Waals surface area contributed by atoms with Crippen LogP contribution in [0.15, 0.2) is 4.52 Å². The molecule has 1 unspecified atom stereocenters. The predicted molar refractivity (Wildman–Crippen MR) is 89.5 cm³/mol. The molecule has 134 valence electrons. The number of aryl methyl sites for hydroxylation is 2. The molecule has 3 rings (SSSR count). The summed E-state index contributed by atoms with van der Waals surface area (Å²) in [7, 11) is 0. The smallest absolute Gasteiger partial charge is 0.236 e. The zero-order valence-electron chi connectivity index (χ0n) is 14.7. The molecule has 1 atom stereocenters. The lowest BCUT2D eigenvalue weighted by atomic mass is 10.1. The van der Waals surface area contributed by atoms with Crippen molar-refractivity contribution in [2.24, 2.45) is 0 Å². The van der Waals surface area contributed by atoms with Gasteiger partial charge in [-0.15, -0.1) is 0 Å². The van der Waals surface area contributed by atoms with Gasteiger partial charge >= 0.3 is 0 Å². The number of carbonyl (C=O) groups is 1. The molecule has 2 aliphatic rings. The second kappa shape index (κ2) is 7.63. The van der Waals surface area contributed by atoms with Crippen LogP contribution in [0.25, 0.3) is 0 Å². The number of aromatic nitrogens is 1. The average Bonchev–Trinajstić information content (AvgIpc) is 2.87. The molecule has 1 N–H and O–H groups in total. The third-order valence-electron chi connectivity index (χ3n) is 5.13. The highest BCUT2D eigenvalue weighted by molar-refractivity contribution is 5.78. The predicted octanol–water partition coefficient (Wildman–Crippen LogP) is 0.392. The maximum Gasteiger partial charge on any atom is 0.236 e. The van der Waals surface area contributed by atoms with E-state index in [1.165, 1.54) is 0 Å². The van der Waals surface area contributed by atoms with Gasteiger partial charge in [-0.1, -0.05) is 5.16 Å². The van der Waals surface area contributed by atoms with E-state index < -0.39 is 0 Å². The van der Waals surface area contributed by atoms with E-state index in [1.54, 1.807) is 0 Å². The molecule has 0 aromatic carbocycles. The largest absolute Gasteiger partial charge is 0.392 e. The van der Waals surface area contributed by atoms with Gasteiger partial charge in [-0.3, -0.25) is 14.6 Å². The van der Waals surface area contributed by atoms with Crippen LogP contribution in [0.3, 0.4) is 0 Å². The van der Waals surface area contributed by atoms with Gasteiger partial charge in [-0.05, 0) is 33.2 Å². The van der Waals surface area contributed by atoms with Crippen LogP contribution in [0.1, 0.15) is 29.9 Å². The van der Waals surface area contributed by atoms with Crippen LogP contribution >= 0.6 is 0 Å². The molecule has 2 fully saturated rings. The lowest BCUT2D eigenvalue weighted by Gasteiger charge is -2.36. The zero-order chi connectivity index (χ0) is 17.1. The Hall–Kier alpha value is -1.44. The summed E-state index contributed by atoms with van der Waals surface area (Å²) in [5.41, 5.74) is 2.12. The molecule has 2 saturated heterocycles. The number of piperidine rings is 1. The summed E-state index contributed by atoms with van der Waals surface area (Å²) in [6, 6.07) is 0. The Kier molecular flexibility index (Phi) is 5.53. The molecule has 0 bridgehead atoms. The molecular weight excluding hydrogens is 308 g/mol. The van der Waals surface area contributed by atoms with Gasteiger partial charge in [0.05, 0.1) is 18.3 Å². The summed E-state index contributed by atoms with van der Waals surface area (Å²) in [5, 5.41) is 13.7. The van der Waals surface area contributed by atoms with Crippen LogP contribution in [-0.2, 0) is 11.3 Å². The first-order chi connectivity index (χ1) is 11.5. The maximum absolute atomic E-state index is 12.5. The van der Waals surface area contributed by atoms with Gasteiger partial charge < -0.3 is 14.5 Å². The van der Waals surface area contributed by atoms with Crippen LogP contribution in [0.5, 0.6) is 0 Å². The number of hydrogen-bond acceptors (Lipinski definition) is 6. The summed E-state index contributed by atoms with van der Waals surface area (Å²) in [6.07, 6.45) is 1.54. The highest BCUT2D eigenvalue weighted by atomic mass is 16.5. The van der Waals surface area contributed by atoms with Crippen LogP contribution in [0.4, 0.5) is 0 Å². The van der Waals surface area contributed by atoms with Crippen molar-refractivity contribution in [3.8, 4) is 0 Å². The lowest BCUT2D eigenvalue weighted by molar-refractivity contribution is -0.134. The van der Waals surface area contributed by atoms with E-state index in [0.717, 1.165) is 69.1 Å². The van der Waals surface area contributed by atoms with Crippen molar-refractivity contribution in [1.82, 2.24) is 19.9 Å². The SMILES string of the molecule is Cc1noc(C)c1CN1CCN(C(=O)CN2CCCC(O)C2)CC1. The number of β-amino-alcohol motifs (C(OH)–C–C–N with tert-alkyl or cyclic N) is 1. The van der Waals surface area contributed by atoms with Crippen molar-refractivity contribution < 1.29 is 14.4 Å². The number of rotatable bonds is 4. The van der Waals surface area contributed by atoms with Gasteiger partial charge in [0.15, 0.2) is 0 Å². The summed E-state index contributed by atoms with van der Waals surface area (Å²) < 4.78 is 5.22. The van der Waals surface area contributed by atoms with E-state index in [4.69, 9.17) is 4.52 Å².